The second-order valence-electron chi connectivity index (χ2n) is 14.1. The highest BCUT2D eigenvalue weighted by atomic mass is 32.2. The van der Waals surface area contributed by atoms with Crippen LogP contribution in [0, 0.1) is 18.3 Å². The molecule has 3 heterocycles. The van der Waals surface area contributed by atoms with E-state index in [1.54, 1.807) is 56.4 Å². The highest BCUT2D eigenvalue weighted by molar-refractivity contribution is 7.85. The molecule has 6 aromatic rings. The molecule has 3 aromatic heterocycles. The molecule has 1 amide bonds. The zero-order valence-corrected chi connectivity index (χ0v) is 31.9. The monoisotopic (exact) mass is 790 g/mol. The van der Waals surface area contributed by atoms with Crippen LogP contribution in [0.4, 0.5) is 18.0 Å². The number of carbonyl (C=O) groups is 1. The lowest BCUT2D eigenvalue weighted by atomic mass is 10.1. The third kappa shape index (κ3) is 9.14. The molecule has 0 unspecified atom stereocenters. The first-order chi connectivity index (χ1) is 26.1. The van der Waals surface area contributed by atoms with E-state index >= 15 is 0 Å². The average Bonchev–Trinajstić information content (AvgIpc) is 3.85. The number of oxazole rings is 1. The van der Waals surface area contributed by atoms with Crippen LogP contribution >= 0.6 is 0 Å². The molecule has 0 aliphatic rings. The second kappa shape index (κ2) is 15.5. The van der Waals surface area contributed by atoms with Gasteiger partial charge in [0.05, 0.1) is 78.4 Å². The Bertz CT molecular complexity index is 2580. The molecule has 0 saturated carbocycles. The topological polar surface area (TPSA) is 181 Å². The fourth-order valence-corrected chi connectivity index (χ4v) is 6.18. The van der Waals surface area contributed by atoms with Crippen LogP contribution in [-0.4, -0.2) is 68.5 Å². The Kier molecular flexibility index (Phi) is 11.3. The number of carbonyl (C=O) groups excluding carboxylic acids is 1. The van der Waals surface area contributed by atoms with E-state index in [0.717, 1.165) is 21.3 Å². The highest BCUT2D eigenvalue weighted by Gasteiger charge is 2.35. The Morgan fingerprint density at radius 2 is 1.64 bits per heavy atom. The van der Waals surface area contributed by atoms with Crippen LogP contribution < -0.4 is 11.0 Å². The average molecular weight is 791 g/mol. The first-order valence-electron chi connectivity index (χ1n) is 16.8. The maximum Gasteiger partial charge on any atom is 0.416 e. The Labute approximate surface area is 320 Å². The summed E-state index contributed by atoms with van der Waals surface area (Å²) in [4.78, 5) is 32.4. The van der Waals surface area contributed by atoms with Gasteiger partial charge in [0.25, 0.3) is 0 Å². The van der Waals surface area contributed by atoms with Crippen LogP contribution in [0.1, 0.15) is 42.3 Å². The number of alkyl halides is 3. The van der Waals surface area contributed by atoms with Crippen molar-refractivity contribution in [3.8, 4) is 28.8 Å². The molecule has 0 atom stereocenters. The van der Waals surface area contributed by atoms with Crippen molar-refractivity contribution in [2.24, 2.45) is 0 Å². The van der Waals surface area contributed by atoms with Gasteiger partial charge in [-0.2, -0.15) is 23.5 Å². The van der Waals surface area contributed by atoms with E-state index < -0.39 is 39.1 Å². The van der Waals surface area contributed by atoms with E-state index in [1.807, 2.05) is 27.2 Å². The molecular weight excluding hydrogens is 754 g/mol. The fraction of sp³-hybridized carbons (Fsp3) is 0.237. The first kappa shape index (κ1) is 40.9. The minimum absolute atomic E-state index is 0.0773. The number of quaternary nitrogens is 1. The Morgan fingerprint density at radius 3 is 2.21 bits per heavy atom. The van der Waals surface area contributed by atoms with Gasteiger partial charge >= 0.3 is 17.9 Å². The molecule has 6 rings (SSSR count). The Hall–Kier alpha value is -6.29. The van der Waals surface area contributed by atoms with Crippen LogP contribution in [0.2, 0.25) is 0 Å². The maximum atomic E-state index is 14.1. The normalized spacial score (nSPS) is 12.1. The van der Waals surface area contributed by atoms with Gasteiger partial charge in [-0.3, -0.25) is 4.57 Å². The molecule has 3 aromatic carbocycles. The number of hydrogen-bond donors (Lipinski definition) is 1. The molecule has 0 saturated heterocycles. The van der Waals surface area contributed by atoms with E-state index in [2.05, 4.69) is 15.4 Å². The first-order valence-corrected chi connectivity index (χ1v) is 18.2. The van der Waals surface area contributed by atoms with Gasteiger partial charge in [0.1, 0.15) is 27.9 Å². The molecule has 0 bridgehead atoms. The quantitative estimate of drug-likeness (QED) is 0.144. The fourth-order valence-electron chi connectivity index (χ4n) is 5.69. The number of imidazole rings is 1. The van der Waals surface area contributed by atoms with Crippen molar-refractivity contribution in [3.63, 3.8) is 0 Å². The number of nitrogens with one attached hydrogen (secondary N) is 1. The molecule has 0 aliphatic heterocycles. The van der Waals surface area contributed by atoms with Gasteiger partial charge in [-0.15, -0.1) is 0 Å². The van der Waals surface area contributed by atoms with E-state index in [-0.39, 0.29) is 27.9 Å². The number of rotatable bonds is 8. The summed E-state index contributed by atoms with van der Waals surface area (Å²) in [6, 6.07) is 20.7. The lowest BCUT2D eigenvalue weighted by molar-refractivity contribution is -0.884. The number of hydrogen-bond acceptors (Lipinski definition) is 9. The molecule has 18 heteroatoms. The lowest BCUT2D eigenvalue weighted by Gasteiger charge is -2.24. The standard InChI is InChI=1S/C32H31F3N8O3.C6H6O3S/c1-20-27(26-14-15-38-42(26)23-12-10-21(17-36)11-13-23)41(30(45)40(20)24-9-7-8-22(16-24)32(33,34)35)29(44)39-31(2,3)28-37-18-25(46-28)19-43(4,5)6;7-10(8,9)6-4-2-1-3-5-6/h7-16,18H,19H2,1-6H3;1-5H,(H,7,8,9). The van der Waals surface area contributed by atoms with Crippen molar-refractivity contribution in [2.45, 2.75) is 43.9 Å². The summed E-state index contributed by atoms with van der Waals surface area (Å²) in [6.07, 6.45) is -1.61. The lowest BCUT2D eigenvalue weighted by Crippen LogP contribution is -2.46. The van der Waals surface area contributed by atoms with Crippen molar-refractivity contribution < 1.29 is 39.8 Å². The van der Waals surface area contributed by atoms with Crippen molar-refractivity contribution in [2.75, 3.05) is 21.1 Å². The summed E-state index contributed by atoms with van der Waals surface area (Å²) in [7, 11) is 1.71. The summed E-state index contributed by atoms with van der Waals surface area (Å²) >= 11 is 0. The van der Waals surface area contributed by atoms with Crippen LogP contribution in [-0.2, 0) is 28.4 Å². The zero-order chi connectivity index (χ0) is 41.2. The summed E-state index contributed by atoms with van der Waals surface area (Å²) < 4.78 is 81.7. The van der Waals surface area contributed by atoms with Crippen molar-refractivity contribution in [1.29, 1.82) is 5.26 Å². The molecule has 0 fully saturated rings. The molecule has 56 heavy (non-hydrogen) atoms. The molecule has 0 spiro atoms. The third-order valence-corrected chi connectivity index (χ3v) is 9.06. The van der Waals surface area contributed by atoms with Gasteiger partial charge in [-0.25, -0.2) is 32.2 Å². The number of nitrogens with zero attached hydrogens (tertiary/aromatic N) is 7. The van der Waals surface area contributed by atoms with E-state index in [1.165, 1.54) is 54.2 Å². The van der Waals surface area contributed by atoms with Crippen molar-refractivity contribution >= 4 is 16.1 Å². The van der Waals surface area contributed by atoms with Crippen LogP contribution in [0.3, 0.4) is 0 Å². The summed E-state index contributed by atoms with van der Waals surface area (Å²) in [5.41, 5.74) is -1.60. The molecule has 0 radical (unpaired) electrons. The number of amides is 1. The van der Waals surface area contributed by atoms with Gasteiger partial charge in [0.15, 0.2) is 5.76 Å². The minimum Gasteiger partial charge on any atom is -0.744 e. The summed E-state index contributed by atoms with van der Waals surface area (Å²) in [5.74, 6) is 0.802. The van der Waals surface area contributed by atoms with Crippen LogP contribution in [0.25, 0.3) is 22.8 Å². The predicted molar refractivity (Wildman–Crippen MR) is 197 cm³/mol. The summed E-state index contributed by atoms with van der Waals surface area (Å²) in [5, 5.41) is 16.4. The smallest absolute Gasteiger partial charge is 0.416 e. The van der Waals surface area contributed by atoms with Crippen LogP contribution in [0.5, 0.6) is 0 Å². The number of halogens is 3. The van der Waals surface area contributed by atoms with Gasteiger partial charge in [-0.1, -0.05) is 24.3 Å². The predicted octanol–water partition coefficient (Wildman–Crippen LogP) is 5.97. The molecule has 1 N–H and O–H groups in total. The van der Waals surface area contributed by atoms with Gasteiger partial charge in [0.2, 0.25) is 5.89 Å². The van der Waals surface area contributed by atoms with Crippen LogP contribution in [0.15, 0.2) is 111 Å². The number of aromatic nitrogens is 5. The van der Waals surface area contributed by atoms with E-state index in [4.69, 9.17) is 4.42 Å². The van der Waals surface area contributed by atoms with Gasteiger partial charge in [-0.05, 0) is 81.4 Å². The Balaban J connectivity index is 0.000000522. The zero-order valence-electron chi connectivity index (χ0n) is 31.1. The summed E-state index contributed by atoms with van der Waals surface area (Å²) in [6.45, 7) is 5.40. The molecule has 0 aliphatic carbocycles. The van der Waals surface area contributed by atoms with E-state index in [0.29, 0.717) is 33.7 Å². The van der Waals surface area contributed by atoms with Crippen molar-refractivity contribution in [1.82, 2.24) is 29.2 Å². The molecular formula is C38H37F3N8O6S. The van der Waals surface area contributed by atoms with E-state index in [9.17, 15) is 41.0 Å². The third-order valence-electron chi connectivity index (χ3n) is 8.22. The number of nitriles is 1. The van der Waals surface area contributed by atoms with Crippen molar-refractivity contribution in [3.05, 3.63) is 136 Å². The molecule has 292 valence electrons. The maximum absolute atomic E-state index is 14.1. The SMILES string of the molecule is Cc1c(-c2ccnn2-c2ccc(C#N)cc2)n(C(=O)NC(C)(C)c2ncc(C[N+](C)(C)C)o2)c(=O)n1-c1cccc(C(F)(F)F)c1.O=S(=O)([O-])c1ccccc1. The minimum atomic E-state index is -4.66. The number of benzene rings is 3. The largest absolute Gasteiger partial charge is 0.744 e. The van der Waals surface area contributed by atoms with Gasteiger partial charge < -0.3 is 18.8 Å². The molecule has 14 nitrogen and oxygen atoms in total. The van der Waals surface area contributed by atoms with Gasteiger partial charge in [0, 0.05) is 0 Å². The second-order valence-corrected chi connectivity index (χ2v) is 15.5. The highest BCUT2D eigenvalue weighted by Crippen LogP contribution is 2.32. The Morgan fingerprint density at radius 1 is 0.982 bits per heavy atom.